The molecule has 0 aliphatic carbocycles. The van der Waals surface area contributed by atoms with Crippen LogP contribution in [0.1, 0.15) is 41.4 Å². The fourth-order valence-electron chi connectivity index (χ4n) is 3.68. The van der Waals surface area contributed by atoms with E-state index in [-0.39, 0.29) is 22.7 Å². The number of aryl methyl sites for hydroxylation is 2. The van der Waals surface area contributed by atoms with Crippen LogP contribution >= 0.6 is 0 Å². The summed E-state index contributed by atoms with van der Waals surface area (Å²) in [6.45, 7) is 6.06. The van der Waals surface area contributed by atoms with Gasteiger partial charge in [-0.15, -0.1) is 0 Å². The summed E-state index contributed by atoms with van der Waals surface area (Å²) < 4.78 is 3.08. The molecule has 0 saturated heterocycles. The Kier molecular flexibility index (Phi) is 4.95. The van der Waals surface area contributed by atoms with Crippen LogP contribution in [0.2, 0.25) is 0 Å². The van der Waals surface area contributed by atoms with Crippen LogP contribution in [-0.2, 0) is 6.54 Å². The minimum absolute atomic E-state index is 0.0348. The standard InChI is InChI=1S/C23H23N5O2/c1-4-27-19(24)17(22(29)25-15(3)16-10-6-5-7-11-16)13-18-21(27)26-20-14(2)9-8-12-28(20)23(18)30/h5-13,15,24H,4H2,1-3H3,(H,25,29). The molecule has 2 N–H and O–H groups in total. The Hall–Kier alpha value is -3.74. The molecule has 0 spiro atoms. The van der Waals surface area contributed by atoms with Crippen molar-refractivity contribution >= 4 is 22.6 Å². The second-order valence-electron chi connectivity index (χ2n) is 7.30. The van der Waals surface area contributed by atoms with Crippen molar-refractivity contribution in [3.63, 3.8) is 0 Å². The lowest BCUT2D eigenvalue weighted by molar-refractivity contribution is 0.0937. The van der Waals surface area contributed by atoms with Gasteiger partial charge in [-0.3, -0.25) is 19.4 Å². The number of hydrogen-bond acceptors (Lipinski definition) is 4. The summed E-state index contributed by atoms with van der Waals surface area (Å²) in [5.74, 6) is -0.394. The first kappa shape index (κ1) is 19.6. The highest BCUT2D eigenvalue weighted by atomic mass is 16.1. The largest absolute Gasteiger partial charge is 0.345 e. The van der Waals surface area contributed by atoms with Crippen LogP contribution in [0.25, 0.3) is 16.7 Å². The lowest BCUT2D eigenvalue weighted by Gasteiger charge is -2.17. The van der Waals surface area contributed by atoms with E-state index < -0.39 is 5.91 Å². The van der Waals surface area contributed by atoms with E-state index in [0.717, 1.165) is 11.1 Å². The predicted octanol–water partition coefficient (Wildman–Crippen LogP) is 2.95. The Bertz CT molecular complexity index is 1390. The number of rotatable bonds is 4. The molecule has 0 aliphatic rings. The summed E-state index contributed by atoms with van der Waals surface area (Å²) in [5.41, 5.74) is 2.71. The normalized spacial score (nSPS) is 12.2. The molecule has 3 aromatic heterocycles. The summed E-state index contributed by atoms with van der Waals surface area (Å²) in [6.07, 6.45) is 1.67. The number of amides is 1. The minimum Gasteiger partial charge on any atom is -0.345 e. The van der Waals surface area contributed by atoms with Gasteiger partial charge in [0.25, 0.3) is 11.5 Å². The molecule has 1 aromatic carbocycles. The Balaban J connectivity index is 1.89. The van der Waals surface area contributed by atoms with E-state index in [0.29, 0.717) is 23.2 Å². The molecule has 0 aliphatic heterocycles. The van der Waals surface area contributed by atoms with Crippen LogP contribution in [0.3, 0.4) is 0 Å². The van der Waals surface area contributed by atoms with Gasteiger partial charge in [-0.25, -0.2) is 4.98 Å². The molecule has 1 atom stereocenters. The molecular weight excluding hydrogens is 378 g/mol. The zero-order valence-corrected chi connectivity index (χ0v) is 17.1. The maximum Gasteiger partial charge on any atom is 0.267 e. The molecule has 7 heteroatoms. The van der Waals surface area contributed by atoms with Crippen molar-refractivity contribution in [3.8, 4) is 0 Å². The zero-order valence-electron chi connectivity index (χ0n) is 17.1. The van der Waals surface area contributed by atoms with Crippen LogP contribution in [0.4, 0.5) is 0 Å². The van der Waals surface area contributed by atoms with Crippen molar-refractivity contribution in [1.29, 1.82) is 5.41 Å². The number of carbonyl (C=O) groups excluding carboxylic acids is 1. The number of fused-ring (bicyclic) bond motifs is 2. The van der Waals surface area contributed by atoms with E-state index >= 15 is 0 Å². The summed E-state index contributed by atoms with van der Waals surface area (Å²) >= 11 is 0. The SMILES string of the molecule is CCn1c(=N)c(C(=O)NC(C)c2ccccc2)cc2c(=O)n3cccc(C)c3nc21. The van der Waals surface area contributed by atoms with Crippen LogP contribution in [0.15, 0.2) is 59.5 Å². The lowest BCUT2D eigenvalue weighted by atomic mass is 10.1. The van der Waals surface area contributed by atoms with Crippen molar-refractivity contribution < 1.29 is 4.79 Å². The fourth-order valence-corrected chi connectivity index (χ4v) is 3.68. The molecule has 0 saturated carbocycles. The number of pyridine rings is 2. The molecule has 1 unspecified atom stereocenters. The predicted molar refractivity (Wildman–Crippen MR) is 116 cm³/mol. The Morgan fingerprint density at radius 2 is 1.90 bits per heavy atom. The first-order valence-electron chi connectivity index (χ1n) is 9.88. The van der Waals surface area contributed by atoms with E-state index in [1.54, 1.807) is 16.8 Å². The third-order valence-corrected chi connectivity index (χ3v) is 5.34. The average molecular weight is 401 g/mol. The molecule has 1 amide bonds. The monoisotopic (exact) mass is 401 g/mol. The van der Waals surface area contributed by atoms with Gasteiger partial charge in [0.1, 0.15) is 16.8 Å². The van der Waals surface area contributed by atoms with Gasteiger partial charge in [-0.05, 0) is 44.0 Å². The van der Waals surface area contributed by atoms with Crippen LogP contribution in [0.5, 0.6) is 0 Å². The molecule has 4 aromatic rings. The third kappa shape index (κ3) is 3.18. The van der Waals surface area contributed by atoms with Crippen LogP contribution in [0, 0.1) is 12.3 Å². The van der Waals surface area contributed by atoms with Crippen LogP contribution < -0.4 is 16.4 Å². The van der Waals surface area contributed by atoms with Gasteiger partial charge < -0.3 is 9.88 Å². The minimum atomic E-state index is -0.394. The van der Waals surface area contributed by atoms with Crippen molar-refractivity contribution in [3.05, 3.63) is 87.3 Å². The summed E-state index contributed by atoms with van der Waals surface area (Å²) in [4.78, 5) is 30.8. The molecule has 0 radical (unpaired) electrons. The van der Waals surface area contributed by atoms with Gasteiger partial charge in [0, 0.05) is 12.7 Å². The van der Waals surface area contributed by atoms with Gasteiger partial charge in [0.05, 0.1) is 17.0 Å². The Labute approximate surface area is 173 Å². The van der Waals surface area contributed by atoms with Gasteiger partial charge >= 0.3 is 0 Å². The maximum atomic E-state index is 13.2. The van der Waals surface area contributed by atoms with Crippen LogP contribution in [-0.4, -0.2) is 19.9 Å². The third-order valence-electron chi connectivity index (χ3n) is 5.34. The average Bonchev–Trinajstić information content (AvgIpc) is 2.75. The topological polar surface area (TPSA) is 92.2 Å². The number of nitrogens with zero attached hydrogens (tertiary/aromatic N) is 3. The lowest BCUT2D eigenvalue weighted by Crippen LogP contribution is -2.35. The highest BCUT2D eigenvalue weighted by Gasteiger charge is 2.19. The molecule has 0 fully saturated rings. The number of benzene rings is 1. The summed E-state index contributed by atoms with van der Waals surface area (Å²) in [5, 5.41) is 11.8. The van der Waals surface area contributed by atoms with Crippen molar-refractivity contribution in [2.75, 3.05) is 0 Å². The van der Waals surface area contributed by atoms with Crippen molar-refractivity contribution in [1.82, 2.24) is 19.3 Å². The Morgan fingerprint density at radius 3 is 2.60 bits per heavy atom. The van der Waals surface area contributed by atoms with E-state index in [4.69, 9.17) is 5.41 Å². The van der Waals surface area contributed by atoms with Gasteiger partial charge in [-0.2, -0.15) is 0 Å². The smallest absolute Gasteiger partial charge is 0.267 e. The quantitative estimate of drug-likeness (QED) is 0.515. The number of carbonyl (C=O) groups is 1. The number of hydrogen-bond donors (Lipinski definition) is 2. The van der Waals surface area contributed by atoms with Crippen molar-refractivity contribution in [2.45, 2.75) is 33.4 Å². The second kappa shape index (κ2) is 7.59. The molecule has 4 rings (SSSR count). The second-order valence-corrected chi connectivity index (χ2v) is 7.30. The Morgan fingerprint density at radius 1 is 1.17 bits per heavy atom. The highest BCUT2D eigenvalue weighted by molar-refractivity contribution is 5.97. The van der Waals surface area contributed by atoms with E-state index in [1.165, 1.54) is 10.5 Å². The molecule has 30 heavy (non-hydrogen) atoms. The molecule has 0 bridgehead atoms. The fraction of sp³-hybridized carbons (Fsp3) is 0.217. The van der Waals surface area contributed by atoms with Gasteiger partial charge in [0.15, 0.2) is 0 Å². The molecular formula is C23H23N5O2. The summed E-state index contributed by atoms with van der Waals surface area (Å²) in [6, 6.07) is 14.5. The molecule has 7 nitrogen and oxygen atoms in total. The summed E-state index contributed by atoms with van der Waals surface area (Å²) in [7, 11) is 0. The number of nitrogens with one attached hydrogen (secondary N) is 2. The highest BCUT2D eigenvalue weighted by Crippen LogP contribution is 2.15. The number of aromatic nitrogens is 3. The first-order chi connectivity index (χ1) is 14.4. The zero-order chi connectivity index (χ0) is 21.4. The maximum absolute atomic E-state index is 13.2. The van der Waals surface area contributed by atoms with Gasteiger partial charge in [-0.1, -0.05) is 36.4 Å². The molecule has 152 valence electrons. The van der Waals surface area contributed by atoms with Gasteiger partial charge in [0.2, 0.25) is 0 Å². The van der Waals surface area contributed by atoms with E-state index in [9.17, 15) is 9.59 Å². The van der Waals surface area contributed by atoms with Crippen molar-refractivity contribution in [2.24, 2.45) is 0 Å². The molecule has 3 heterocycles. The first-order valence-corrected chi connectivity index (χ1v) is 9.88. The van der Waals surface area contributed by atoms with E-state index in [2.05, 4.69) is 10.3 Å². The van der Waals surface area contributed by atoms with E-state index in [1.807, 2.05) is 57.2 Å².